The number of nitrogens with two attached hydrogens (primary N) is 1. The van der Waals surface area contributed by atoms with E-state index in [-0.39, 0.29) is 5.69 Å². The van der Waals surface area contributed by atoms with Crippen LogP contribution in [0.5, 0.6) is 0 Å². The average molecular weight is 185 g/mol. The highest BCUT2D eigenvalue weighted by atomic mass is 35.5. The molecule has 0 bridgehead atoms. The highest BCUT2D eigenvalue weighted by Crippen LogP contribution is 2.11. The third-order valence-corrected chi connectivity index (χ3v) is 1.77. The molecule has 1 amide bonds. The van der Waals surface area contributed by atoms with Gasteiger partial charge in [-0.3, -0.25) is 4.79 Å². The van der Waals surface area contributed by atoms with E-state index in [1.165, 1.54) is 0 Å². The zero-order valence-electron chi connectivity index (χ0n) is 6.67. The van der Waals surface area contributed by atoms with E-state index in [9.17, 15) is 4.79 Å². The second-order valence-electron chi connectivity index (χ2n) is 2.36. The number of hydrogen-bond donors (Lipinski definition) is 1. The predicted molar refractivity (Wildman–Crippen MR) is 47.1 cm³/mol. The van der Waals surface area contributed by atoms with Gasteiger partial charge in [0.15, 0.2) is 0 Å². The van der Waals surface area contributed by atoms with Crippen LogP contribution >= 0.6 is 11.6 Å². The molecule has 0 radical (unpaired) electrons. The molecule has 1 aromatic rings. The second kappa shape index (κ2) is 3.54. The van der Waals surface area contributed by atoms with Gasteiger partial charge in [-0.1, -0.05) is 24.6 Å². The van der Waals surface area contributed by atoms with Crippen molar-refractivity contribution in [2.75, 3.05) is 0 Å². The van der Waals surface area contributed by atoms with Crippen LogP contribution in [0.3, 0.4) is 0 Å². The van der Waals surface area contributed by atoms with Crippen molar-refractivity contribution in [2.24, 2.45) is 5.73 Å². The molecule has 0 fully saturated rings. The van der Waals surface area contributed by atoms with E-state index in [0.29, 0.717) is 5.15 Å². The Balaban J connectivity index is 3.21. The van der Waals surface area contributed by atoms with E-state index in [4.69, 9.17) is 17.3 Å². The van der Waals surface area contributed by atoms with Crippen molar-refractivity contribution in [1.29, 1.82) is 0 Å². The SMILES string of the molecule is CCc1ccc(Cl)nc1C(N)=O. The maximum atomic E-state index is 10.8. The highest BCUT2D eigenvalue weighted by Gasteiger charge is 2.08. The van der Waals surface area contributed by atoms with Gasteiger partial charge in [0.2, 0.25) is 0 Å². The van der Waals surface area contributed by atoms with Gasteiger partial charge in [0.25, 0.3) is 5.91 Å². The van der Waals surface area contributed by atoms with Crippen molar-refractivity contribution < 1.29 is 4.79 Å². The van der Waals surface area contributed by atoms with Crippen molar-refractivity contribution in [3.63, 3.8) is 0 Å². The van der Waals surface area contributed by atoms with Crippen LogP contribution in [0, 0.1) is 0 Å². The number of aryl methyl sites for hydroxylation is 1. The highest BCUT2D eigenvalue weighted by molar-refractivity contribution is 6.29. The normalized spacial score (nSPS) is 9.83. The molecule has 2 N–H and O–H groups in total. The summed E-state index contributed by atoms with van der Waals surface area (Å²) in [6.07, 6.45) is 0.725. The molecule has 0 aromatic carbocycles. The Morgan fingerprint density at radius 2 is 2.33 bits per heavy atom. The first-order chi connectivity index (χ1) is 5.65. The Bertz CT molecular complexity index is 312. The number of nitrogens with zero attached hydrogens (tertiary/aromatic N) is 1. The van der Waals surface area contributed by atoms with Crippen LogP contribution < -0.4 is 5.73 Å². The third kappa shape index (κ3) is 1.74. The molecule has 0 aliphatic rings. The van der Waals surface area contributed by atoms with Crippen LogP contribution in [0.4, 0.5) is 0 Å². The quantitative estimate of drug-likeness (QED) is 0.707. The van der Waals surface area contributed by atoms with Crippen LogP contribution in [0.15, 0.2) is 12.1 Å². The number of carbonyl (C=O) groups excluding carboxylic acids is 1. The minimum atomic E-state index is -0.533. The lowest BCUT2D eigenvalue weighted by Crippen LogP contribution is -2.15. The van der Waals surface area contributed by atoms with Gasteiger partial charge in [0.05, 0.1) is 0 Å². The largest absolute Gasteiger partial charge is 0.364 e. The molecule has 1 rings (SSSR count). The van der Waals surface area contributed by atoms with Crippen LogP contribution in [0.2, 0.25) is 5.15 Å². The molecular weight excluding hydrogens is 176 g/mol. The number of pyridine rings is 1. The van der Waals surface area contributed by atoms with Gasteiger partial charge in [-0.2, -0.15) is 0 Å². The Hall–Kier alpha value is -1.09. The molecule has 0 saturated heterocycles. The Morgan fingerprint density at radius 1 is 1.67 bits per heavy atom. The third-order valence-electron chi connectivity index (χ3n) is 1.56. The number of halogens is 1. The summed E-state index contributed by atoms with van der Waals surface area (Å²) in [4.78, 5) is 14.7. The lowest BCUT2D eigenvalue weighted by atomic mass is 10.1. The standard InChI is InChI=1S/C8H9ClN2O/c1-2-5-3-4-6(9)11-7(5)8(10)12/h3-4H,2H2,1H3,(H2,10,12). The lowest BCUT2D eigenvalue weighted by molar-refractivity contribution is 0.0994. The van der Waals surface area contributed by atoms with E-state index < -0.39 is 5.91 Å². The molecule has 0 atom stereocenters. The minimum Gasteiger partial charge on any atom is -0.364 e. The first-order valence-corrected chi connectivity index (χ1v) is 3.98. The van der Waals surface area contributed by atoms with Crippen molar-refractivity contribution in [2.45, 2.75) is 13.3 Å². The summed E-state index contributed by atoms with van der Waals surface area (Å²) in [7, 11) is 0. The lowest BCUT2D eigenvalue weighted by Gasteiger charge is -2.02. The fraction of sp³-hybridized carbons (Fsp3) is 0.250. The molecule has 0 aliphatic heterocycles. The summed E-state index contributed by atoms with van der Waals surface area (Å²) in [5.41, 5.74) is 6.19. The van der Waals surface area contributed by atoms with E-state index in [1.54, 1.807) is 12.1 Å². The topological polar surface area (TPSA) is 56.0 Å². The molecule has 3 nitrogen and oxygen atoms in total. The molecular formula is C8H9ClN2O. The molecule has 1 aromatic heterocycles. The van der Waals surface area contributed by atoms with E-state index in [1.807, 2.05) is 6.92 Å². The monoisotopic (exact) mass is 184 g/mol. The summed E-state index contributed by atoms with van der Waals surface area (Å²) >= 11 is 5.60. The van der Waals surface area contributed by atoms with Gasteiger partial charge < -0.3 is 5.73 Å². The van der Waals surface area contributed by atoms with Crippen LogP contribution in [-0.4, -0.2) is 10.9 Å². The molecule has 12 heavy (non-hydrogen) atoms. The molecule has 4 heteroatoms. The van der Waals surface area contributed by atoms with Gasteiger partial charge in [-0.15, -0.1) is 0 Å². The van der Waals surface area contributed by atoms with Crippen molar-refractivity contribution >= 4 is 17.5 Å². The Kier molecular flexibility index (Phi) is 2.65. The minimum absolute atomic E-state index is 0.269. The molecule has 0 unspecified atom stereocenters. The summed E-state index contributed by atoms with van der Waals surface area (Å²) in [6, 6.07) is 3.41. The maximum Gasteiger partial charge on any atom is 0.267 e. The molecule has 1 heterocycles. The first kappa shape index (κ1) is 9.00. The number of primary amides is 1. The summed E-state index contributed by atoms with van der Waals surface area (Å²) in [6.45, 7) is 1.93. The molecule has 0 spiro atoms. The second-order valence-corrected chi connectivity index (χ2v) is 2.75. The number of rotatable bonds is 2. The number of aromatic nitrogens is 1. The number of hydrogen-bond acceptors (Lipinski definition) is 2. The van der Waals surface area contributed by atoms with Gasteiger partial charge in [-0.25, -0.2) is 4.98 Å². The Morgan fingerprint density at radius 3 is 2.83 bits per heavy atom. The maximum absolute atomic E-state index is 10.8. The van der Waals surface area contributed by atoms with Gasteiger partial charge in [0, 0.05) is 0 Å². The van der Waals surface area contributed by atoms with E-state index in [0.717, 1.165) is 12.0 Å². The van der Waals surface area contributed by atoms with Gasteiger partial charge in [-0.05, 0) is 18.1 Å². The van der Waals surface area contributed by atoms with Gasteiger partial charge in [0.1, 0.15) is 10.8 Å². The van der Waals surface area contributed by atoms with Crippen LogP contribution in [0.1, 0.15) is 23.0 Å². The van der Waals surface area contributed by atoms with Crippen molar-refractivity contribution in [3.8, 4) is 0 Å². The Labute approximate surface area is 75.6 Å². The average Bonchev–Trinajstić information content (AvgIpc) is 2.04. The molecule has 64 valence electrons. The van der Waals surface area contributed by atoms with Crippen LogP contribution in [0.25, 0.3) is 0 Å². The summed E-state index contributed by atoms with van der Waals surface area (Å²) in [5.74, 6) is -0.533. The summed E-state index contributed by atoms with van der Waals surface area (Å²) in [5, 5.41) is 0.293. The number of amides is 1. The molecule has 0 aliphatic carbocycles. The fourth-order valence-electron chi connectivity index (χ4n) is 0.963. The fourth-order valence-corrected chi connectivity index (χ4v) is 1.11. The first-order valence-electron chi connectivity index (χ1n) is 3.60. The van der Waals surface area contributed by atoms with Gasteiger partial charge >= 0.3 is 0 Å². The zero-order chi connectivity index (χ0) is 9.14. The predicted octanol–water partition coefficient (Wildman–Crippen LogP) is 1.40. The number of carbonyl (C=O) groups is 1. The summed E-state index contributed by atoms with van der Waals surface area (Å²) < 4.78 is 0. The smallest absolute Gasteiger partial charge is 0.267 e. The van der Waals surface area contributed by atoms with Crippen molar-refractivity contribution in [3.05, 3.63) is 28.5 Å². The van der Waals surface area contributed by atoms with Crippen molar-refractivity contribution in [1.82, 2.24) is 4.98 Å². The van der Waals surface area contributed by atoms with E-state index >= 15 is 0 Å². The van der Waals surface area contributed by atoms with E-state index in [2.05, 4.69) is 4.98 Å². The van der Waals surface area contributed by atoms with Crippen LogP contribution in [-0.2, 0) is 6.42 Å². The molecule has 0 saturated carbocycles. The zero-order valence-corrected chi connectivity index (χ0v) is 7.43.